The van der Waals surface area contributed by atoms with Gasteiger partial charge >= 0.3 is 0 Å². The van der Waals surface area contributed by atoms with Crippen molar-refractivity contribution in [3.8, 4) is 0 Å². The first-order valence-electron chi connectivity index (χ1n) is 5.78. The molecule has 0 bridgehead atoms. The lowest BCUT2D eigenvalue weighted by molar-refractivity contribution is -0.00283. The van der Waals surface area contributed by atoms with Gasteiger partial charge in [-0.3, -0.25) is 0 Å². The van der Waals surface area contributed by atoms with Gasteiger partial charge in [-0.25, -0.2) is 0 Å². The van der Waals surface area contributed by atoms with Crippen LogP contribution in [0.25, 0.3) is 0 Å². The van der Waals surface area contributed by atoms with E-state index in [1.54, 1.807) is 0 Å². The average Bonchev–Trinajstić information content (AvgIpc) is 2.27. The lowest BCUT2D eigenvalue weighted by Gasteiger charge is -2.21. The monoisotopic (exact) mass is 241 g/mol. The molecule has 90 valence electrons. The Morgan fingerprint density at radius 2 is 1.94 bits per heavy atom. The SMILES string of the molecule is CCCC(C)OC(CN)c1ccc(Cl)cc1. The Kier molecular flexibility index (Phi) is 5.81. The summed E-state index contributed by atoms with van der Waals surface area (Å²) in [6.07, 6.45) is 2.40. The van der Waals surface area contributed by atoms with Crippen LogP contribution >= 0.6 is 11.6 Å². The van der Waals surface area contributed by atoms with E-state index >= 15 is 0 Å². The van der Waals surface area contributed by atoms with E-state index in [1.165, 1.54) is 0 Å². The molecule has 0 fully saturated rings. The van der Waals surface area contributed by atoms with Gasteiger partial charge in [0.15, 0.2) is 0 Å². The lowest BCUT2D eigenvalue weighted by Crippen LogP contribution is -2.20. The van der Waals surface area contributed by atoms with Crippen molar-refractivity contribution in [2.45, 2.75) is 38.9 Å². The normalized spacial score (nSPS) is 14.8. The summed E-state index contributed by atoms with van der Waals surface area (Å²) in [4.78, 5) is 0. The molecule has 0 heterocycles. The van der Waals surface area contributed by atoms with E-state index < -0.39 is 0 Å². The molecule has 2 unspecified atom stereocenters. The zero-order valence-corrected chi connectivity index (χ0v) is 10.7. The highest BCUT2D eigenvalue weighted by Gasteiger charge is 2.13. The van der Waals surface area contributed by atoms with Gasteiger partial charge in [-0.15, -0.1) is 0 Å². The molecule has 3 heteroatoms. The first-order valence-corrected chi connectivity index (χ1v) is 6.16. The number of rotatable bonds is 6. The van der Waals surface area contributed by atoms with E-state index in [4.69, 9.17) is 22.1 Å². The van der Waals surface area contributed by atoms with Crippen LogP contribution in [0.4, 0.5) is 0 Å². The molecule has 0 saturated heterocycles. The highest BCUT2D eigenvalue weighted by Crippen LogP contribution is 2.21. The van der Waals surface area contributed by atoms with Crippen LogP contribution in [-0.2, 0) is 4.74 Å². The van der Waals surface area contributed by atoms with Crippen LogP contribution in [0.15, 0.2) is 24.3 Å². The molecule has 0 aliphatic heterocycles. The van der Waals surface area contributed by atoms with E-state index in [-0.39, 0.29) is 12.2 Å². The predicted octanol–water partition coefficient (Wildman–Crippen LogP) is 3.55. The molecule has 2 nitrogen and oxygen atoms in total. The molecule has 0 aliphatic carbocycles. The molecule has 0 aliphatic rings. The molecule has 2 atom stereocenters. The molecular weight excluding hydrogens is 222 g/mol. The number of hydrogen-bond donors (Lipinski definition) is 1. The van der Waals surface area contributed by atoms with Crippen LogP contribution in [0.3, 0.4) is 0 Å². The molecule has 1 aromatic rings. The Bertz CT molecular complexity index is 299. The van der Waals surface area contributed by atoms with Crippen molar-refractivity contribution in [1.82, 2.24) is 0 Å². The number of nitrogens with two attached hydrogens (primary N) is 1. The number of ether oxygens (including phenoxy) is 1. The molecule has 0 spiro atoms. The largest absolute Gasteiger partial charge is 0.369 e. The summed E-state index contributed by atoms with van der Waals surface area (Å²) in [7, 11) is 0. The first-order chi connectivity index (χ1) is 7.67. The third-order valence-corrected chi connectivity index (χ3v) is 2.80. The average molecular weight is 242 g/mol. The highest BCUT2D eigenvalue weighted by molar-refractivity contribution is 6.30. The van der Waals surface area contributed by atoms with Crippen LogP contribution < -0.4 is 5.73 Å². The molecule has 0 aromatic heterocycles. The highest BCUT2D eigenvalue weighted by atomic mass is 35.5. The van der Waals surface area contributed by atoms with Crippen molar-refractivity contribution < 1.29 is 4.74 Å². The van der Waals surface area contributed by atoms with Gasteiger partial charge in [0, 0.05) is 11.6 Å². The summed E-state index contributed by atoms with van der Waals surface area (Å²) in [6, 6.07) is 7.68. The van der Waals surface area contributed by atoms with Crippen LogP contribution in [0.2, 0.25) is 5.02 Å². The van der Waals surface area contributed by atoms with Crippen molar-refractivity contribution in [3.63, 3.8) is 0 Å². The quantitative estimate of drug-likeness (QED) is 0.827. The lowest BCUT2D eigenvalue weighted by atomic mass is 10.1. The molecule has 1 aromatic carbocycles. The van der Waals surface area contributed by atoms with Gasteiger partial charge < -0.3 is 10.5 Å². The second-order valence-electron chi connectivity index (χ2n) is 4.01. The summed E-state index contributed by atoms with van der Waals surface area (Å²) < 4.78 is 5.90. The van der Waals surface area contributed by atoms with Crippen LogP contribution in [0.5, 0.6) is 0 Å². The Morgan fingerprint density at radius 3 is 2.44 bits per heavy atom. The Morgan fingerprint density at radius 1 is 1.31 bits per heavy atom. The summed E-state index contributed by atoms with van der Waals surface area (Å²) in [5.41, 5.74) is 6.82. The van der Waals surface area contributed by atoms with Crippen molar-refractivity contribution in [2.24, 2.45) is 5.73 Å². The fourth-order valence-corrected chi connectivity index (χ4v) is 1.83. The van der Waals surface area contributed by atoms with Gasteiger partial charge in [-0.05, 0) is 31.0 Å². The van der Waals surface area contributed by atoms with Gasteiger partial charge in [0.1, 0.15) is 0 Å². The third kappa shape index (κ3) is 4.12. The fourth-order valence-electron chi connectivity index (χ4n) is 1.70. The minimum Gasteiger partial charge on any atom is -0.369 e. The predicted molar refractivity (Wildman–Crippen MR) is 68.7 cm³/mol. The minimum absolute atomic E-state index is 0.0289. The van der Waals surface area contributed by atoms with Crippen molar-refractivity contribution in [1.29, 1.82) is 0 Å². The molecule has 0 saturated carbocycles. The molecule has 16 heavy (non-hydrogen) atoms. The molecule has 0 amide bonds. The van der Waals surface area contributed by atoms with E-state index in [9.17, 15) is 0 Å². The van der Waals surface area contributed by atoms with E-state index in [0.29, 0.717) is 6.54 Å². The Balaban J connectivity index is 2.63. The van der Waals surface area contributed by atoms with Crippen LogP contribution in [0.1, 0.15) is 38.4 Å². The number of hydrogen-bond acceptors (Lipinski definition) is 2. The van der Waals surface area contributed by atoms with Gasteiger partial charge in [0.25, 0.3) is 0 Å². The van der Waals surface area contributed by atoms with Crippen LogP contribution in [0, 0.1) is 0 Å². The second-order valence-corrected chi connectivity index (χ2v) is 4.45. The third-order valence-electron chi connectivity index (χ3n) is 2.55. The summed E-state index contributed by atoms with van der Waals surface area (Å²) in [6.45, 7) is 4.73. The second kappa shape index (κ2) is 6.89. The maximum Gasteiger partial charge on any atom is 0.0950 e. The first kappa shape index (κ1) is 13.5. The van der Waals surface area contributed by atoms with Gasteiger partial charge in [0.05, 0.1) is 12.2 Å². The topological polar surface area (TPSA) is 35.2 Å². The molecule has 0 radical (unpaired) electrons. The van der Waals surface area contributed by atoms with Gasteiger partial charge in [-0.2, -0.15) is 0 Å². The maximum absolute atomic E-state index is 5.90. The van der Waals surface area contributed by atoms with Gasteiger partial charge in [-0.1, -0.05) is 37.1 Å². The van der Waals surface area contributed by atoms with E-state index in [0.717, 1.165) is 23.4 Å². The van der Waals surface area contributed by atoms with Crippen LogP contribution in [-0.4, -0.2) is 12.6 Å². The number of benzene rings is 1. The molecule has 2 N–H and O–H groups in total. The van der Waals surface area contributed by atoms with Crippen molar-refractivity contribution in [3.05, 3.63) is 34.9 Å². The summed E-state index contributed by atoms with van der Waals surface area (Å²) >= 11 is 5.84. The molecular formula is C13H20ClNO. The van der Waals surface area contributed by atoms with Crippen molar-refractivity contribution in [2.75, 3.05) is 6.54 Å². The standard InChI is InChI=1S/C13H20ClNO/c1-3-4-10(2)16-13(9-15)11-5-7-12(14)8-6-11/h5-8,10,13H,3-4,9,15H2,1-2H3. The number of halogens is 1. The minimum atomic E-state index is -0.0289. The van der Waals surface area contributed by atoms with Gasteiger partial charge in [0.2, 0.25) is 0 Å². The zero-order chi connectivity index (χ0) is 12.0. The fraction of sp³-hybridized carbons (Fsp3) is 0.538. The van der Waals surface area contributed by atoms with Crippen molar-refractivity contribution >= 4 is 11.6 Å². The Labute approximate surface area is 103 Å². The molecule has 1 rings (SSSR count). The zero-order valence-electron chi connectivity index (χ0n) is 9.95. The smallest absolute Gasteiger partial charge is 0.0950 e. The van der Waals surface area contributed by atoms with E-state index in [2.05, 4.69) is 13.8 Å². The maximum atomic E-state index is 5.90. The summed E-state index contributed by atoms with van der Waals surface area (Å²) in [5, 5.41) is 0.737. The Hall–Kier alpha value is -0.570. The van der Waals surface area contributed by atoms with E-state index in [1.807, 2.05) is 24.3 Å². The summed E-state index contributed by atoms with van der Waals surface area (Å²) in [5.74, 6) is 0.